The van der Waals surface area contributed by atoms with E-state index in [1.165, 1.54) is 16.7 Å². The van der Waals surface area contributed by atoms with Crippen molar-refractivity contribution in [2.75, 3.05) is 137 Å². The predicted octanol–water partition coefficient (Wildman–Crippen LogP) is -0.298. The molecule has 324 valence electrons. The molecule has 2 aliphatic heterocycles. The molecule has 18 heteroatoms. The molecule has 0 spiro atoms. The summed E-state index contributed by atoms with van der Waals surface area (Å²) in [6.07, 6.45) is 0.559. The van der Waals surface area contributed by atoms with Crippen LogP contribution in [0.3, 0.4) is 0 Å². The average molecular weight is 819 g/mol. The number of thioether (sulfide) groups is 1. The first-order chi connectivity index (χ1) is 27.0. The van der Waals surface area contributed by atoms with Crippen molar-refractivity contribution in [2.45, 2.75) is 64.8 Å². The summed E-state index contributed by atoms with van der Waals surface area (Å²) in [5.41, 5.74) is 0. The number of carbonyl (C=O) groups is 5. The molecule has 3 unspecified atom stereocenters. The zero-order chi connectivity index (χ0) is 41.0. The predicted molar refractivity (Wildman–Crippen MR) is 214 cm³/mol. The second-order valence-electron chi connectivity index (χ2n) is 14.6. The largest absolute Gasteiger partial charge is 0.378 e. The number of carbonyl (C=O) groups excluding carboxylic acids is 5. The van der Waals surface area contributed by atoms with Gasteiger partial charge in [0.15, 0.2) is 0 Å². The van der Waals surface area contributed by atoms with E-state index < -0.39 is 5.25 Å². The highest BCUT2D eigenvalue weighted by atomic mass is 32.2. The van der Waals surface area contributed by atoms with E-state index in [1.54, 1.807) is 6.92 Å². The smallest absolute Gasteiger partial charge is 0.246 e. The number of nitrogens with one attached hydrogen (secondary N) is 4. The van der Waals surface area contributed by atoms with Crippen LogP contribution in [-0.4, -0.2) is 194 Å². The maximum absolute atomic E-state index is 13.0. The molecule has 2 aliphatic rings. The molecule has 17 nitrogen and oxygen atoms in total. The van der Waals surface area contributed by atoms with Crippen LogP contribution in [0.4, 0.5) is 0 Å². The number of likely N-dealkylation sites (tertiary alicyclic amines) is 2. The van der Waals surface area contributed by atoms with Crippen molar-refractivity contribution in [3.05, 3.63) is 0 Å². The molecule has 2 rings (SSSR count). The van der Waals surface area contributed by atoms with Gasteiger partial charge in [-0.05, 0) is 11.8 Å². The number of Topliss-reactive ketones (excluding diaryl/α,β-unsaturated/α-hetero) is 1. The van der Waals surface area contributed by atoms with Crippen LogP contribution in [0.1, 0.15) is 47.5 Å². The normalized spacial score (nSPS) is 18.8. The molecule has 0 aromatic rings. The van der Waals surface area contributed by atoms with Crippen LogP contribution in [0.15, 0.2) is 0 Å². The third kappa shape index (κ3) is 23.2. The first kappa shape index (κ1) is 49.9. The minimum atomic E-state index is -0.488. The minimum absolute atomic E-state index is 0.0182. The fraction of sp³-hybridized carbons (Fsp3) is 0.868. The van der Waals surface area contributed by atoms with Gasteiger partial charge in [0, 0.05) is 77.3 Å². The third-order valence-corrected chi connectivity index (χ3v) is 10.0. The first-order valence-corrected chi connectivity index (χ1v) is 21.2. The van der Waals surface area contributed by atoms with Crippen molar-refractivity contribution in [2.24, 2.45) is 11.8 Å². The van der Waals surface area contributed by atoms with E-state index >= 15 is 0 Å². The number of ketones is 1. The summed E-state index contributed by atoms with van der Waals surface area (Å²) in [6, 6.07) is 0.211. The average Bonchev–Trinajstić information content (AvgIpc) is 3.69. The quantitative estimate of drug-likeness (QED) is 0.0481. The topological polar surface area (TPSA) is 195 Å². The van der Waals surface area contributed by atoms with Crippen molar-refractivity contribution >= 4 is 41.2 Å². The van der Waals surface area contributed by atoms with Gasteiger partial charge in [0.25, 0.3) is 0 Å². The van der Waals surface area contributed by atoms with E-state index in [-0.39, 0.29) is 66.9 Å². The Morgan fingerprint density at radius 3 is 1.57 bits per heavy atom. The Bertz CT molecular complexity index is 1080. The number of ether oxygens (including phenoxy) is 6. The molecule has 2 heterocycles. The SMILES string of the molecule is CCC(=O)CSC1CC(=O)N(CCN2CC(NCCOCCOCCOCC(=O)NCC(C)C)C(NCCOCCOCCOCC(=O)NCC(C)C)C2)C1=O. The van der Waals surface area contributed by atoms with Crippen molar-refractivity contribution in [3.63, 3.8) is 0 Å². The molecule has 0 aromatic heterocycles. The Hall–Kier alpha value is -2.26. The Balaban J connectivity index is 1.67. The molecule has 4 N–H and O–H groups in total. The molecule has 56 heavy (non-hydrogen) atoms. The fourth-order valence-electron chi connectivity index (χ4n) is 5.62. The van der Waals surface area contributed by atoms with E-state index in [1.807, 2.05) is 27.7 Å². The van der Waals surface area contributed by atoms with Gasteiger partial charge in [-0.3, -0.25) is 33.8 Å². The van der Waals surface area contributed by atoms with E-state index in [9.17, 15) is 24.0 Å². The van der Waals surface area contributed by atoms with Crippen molar-refractivity contribution in [3.8, 4) is 0 Å². The van der Waals surface area contributed by atoms with Crippen LogP contribution in [0, 0.1) is 11.8 Å². The molecule has 0 aromatic carbocycles. The fourth-order valence-corrected chi connectivity index (χ4v) is 6.74. The zero-order valence-corrected chi connectivity index (χ0v) is 35.3. The highest BCUT2D eigenvalue weighted by Gasteiger charge is 2.40. The van der Waals surface area contributed by atoms with Gasteiger partial charge in [-0.25, -0.2) is 0 Å². The van der Waals surface area contributed by atoms with E-state index in [0.717, 1.165) is 13.1 Å². The minimum Gasteiger partial charge on any atom is -0.378 e. The molecular formula is C38H70N6O11S. The monoisotopic (exact) mass is 818 g/mol. The third-order valence-electron chi connectivity index (χ3n) is 8.75. The van der Waals surface area contributed by atoms with Gasteiger partial charge in [0.2, 0.25) is 23.6 Å². The number of hydrogen-bond donors (Lipinski definition) is 4. The lowest BCUT2D eigenvalue weighted by atomic mass is 10.1. The van der Waals surface area contributed by atoms with Gasteiger partial charge in [0.05, 0.1) is 77.1 Å². The van der Waals surface area contributed by atoms with Crippen LogP contribution >= 0.6 is 11.8 Å². The molecule has 2 fully saturated rings. The van der Waals surface area contributed by atoms with Crippen molar-refractivity contribution in [1.29, 1.82) is 0 Å². The Kier molecular flexibility index (Phi) is 27.4. The Morgan fingerprint density at radius 2 is 1.12 bits per heavy atom. The number of rotatable bonds is 35. The summed E-state index contributed by atoms with van der Waals surface area (Å²) in [7, 11) is 0. The first-order valence-electron chi connectivity index (χ1n) is 20.2. The summed E-state index contributed by atoms with van der Waals surface area (Å²) >= 11 is 1.27. The summed E-state index contributed by atoms with van der Waals surface area (Å²) in [5.74, 6) is 0.451. The maximum Gasteiger partial charge on any atom is 0.246 e. The zero-order valence-electron chi connectivity index (χ0n) is 34.4. The van der Waals surface area contributed by atoms with Crippen molar-refractivity contribution in [1.82, 2.24) is 31.1 Å². The molecule has 4 amide bonds. The van der Waals surface area contributed by atoms with Gasteiger partial charge in [-0.1, -0.05) is 34.6 Å². The summed E-state index contributed by atoms with van der Waals surface area (Å²) in [6.45, 7) is 18.9. The second kappa shape index (κ2) is 30.8. The lowest BCUT2D eigenvalue weighted by molar-refractivity contribution is -0.138. The lowest BCUT2D eigenvalue weighted by Gasteiger charge is -2.21. The number of nitrogens with zero attached hydrogens (tertiary/aromatic N) is 2. The number of imide groups is 1. The van der Waals surface area contributed by atoms with Crippen LogP contribution in [0.25, 0.3) is 0 Å². The van der Waals surface area contributed by atoms with Gasteiger partial charge in [-0.15, -0.1) is 11.8 Å². The molecule has 3 atom stereocenters. The second-order valence-corrected chi connectivity index (χ2v) is 15.8. The van der Waals surface area contributed by atoms with Gasteiger partial charge in [-0.2, -0.15) is 0 Å². The van der Waals surface area contributed by atoms with E-state index in [0.29, 0.717) is 124 Å². The van der Waals surface area contributed by atoms with Gasteiger partial charge >= 0.3 is 0 Å². The molecular weight excluding hydrogens is 749 g/mol. The Morgan fingerprint density at radius 1 is 0.679 bits per heavy atom. The number of hydrogen-bond acceptors (Lipinski definition) is 15. The highest BCUT2D eigenvalue weighted by Crippen LogP contribution is 2.25. The van der Waals surface area contributed by atoms with Gasteiger partial charge < -0.3 is 49.7 Å². The molecule has 0 saturated carbocycles. The Labute approximate surface area is 338 Å². The number of amides is 4. The van der Waals surface area contributed by atoms with Gasteiger partial charge in [0.1, 0.15) is 19.0 Å². The van der Waals surface area contributed by atoms with Crippen LogP contribution < -0.4 is 21.3 Å². The molecule has 2 saturated heterocycles. The molecule has 0 aliphatic carbocycles. The lowest BCUT2D eigenvalue weighted by Crippen LogP contribution is -2.48. The van der Waals surface area contributed by atoms with E-state index in [4.69, 9.17) is 28.4 Å². The van der Waals surface area contributed by atoms with E-state index in [2.05, 4.69) is 26.2 Å². The summed E-state index contributed by atoms with van der Waals surface area (Å²) < 4.78 is 33.3. The van der Waals surface area contributed by atoms with Crippen LogP contribution in [0.5, 0.6) is 0 Å². The van der Waals surface area contributed by atoms with Crippen LogP contribution in [-0.2, 0) is 52.4 Å². The van der Waals surface area contributed by atoms with Crippen LogP contribution in [0.2, 0.25) is 0 Å². The standard InChI is InChI=1S/C38H70N6O11S/c1-6-31(45)28-56-34-21-37(48)44(38(34)49)10-9-43-24-32(39-7-11-50-13-15-52-17-19-54-26-35(46)41-22-29(2)3)33(25-43)40-8-12-51-14-16-53-18-20-55-27-36(47)42-23-30(4)5/h29-30,32-34,39-40H,6-28H2,1-5H3,(H,41,46)(H,42,47). The van der Waals surface area contributed by atoms with Crippen molar-refractivity contribution < 1.29 is 52.4 Å². The summed E-state index contributed by atoms with van der Waals surface area (Å²) in [5, 5.41) is 12.3. The molecule has 0 bridgehead atoms. The molecule has 0 radical (unpaired) electrons. The highest BCUT2D eigenvalue weighted by molar-refractivity contribution is 8.01. The maximum atomic E-state index is 13.0. The summed E-state index contributed by atoms with van der Waals surface area (Å²) in [4.78, 5) is 64.4.